The van der Waals surface area contributed by atoms with Gasteiger partial charge < -0.3 is 5.11 Å². The first-order valence-electron chi connectivity index (χ1n) is 2.77. The summed E-state index contributed by atoms with van der Waals surface area (Å²) in [6.45, 7) is 0. The number of carboxylic acid groups (broad SMARTS) is 1. The predicted octanol–water partition coefficient (Wildman–Crippen LogP) is 0.719. The lowest BCUT2D eigenvalue weighted by Crippen LogP contribution is -1.96. The van der Waals surface area contributed by atoms with E-state index in [-0.39, 0.29) is 0 Å². The zero-order valence-corrected chi connectivity index (χ0v) is 5.19. The fraction of sp³-hybridized carbons (Fsp3) is 0. The first-order chi connectivity index (χ1) is 4.79. The first kappa shape index (κ1) is 6.74. The van der Waals surface area contributed by atoms with Gasteiger partial charge in [0.05, 0.1) is 6.42 Å². The summed E-state index contributed by atoms with van der Waals surface area (Å²) in [6.07, 6.45) is 4.23. The van der Waals surface area contributed by atoms with Gasteiger partial charge in [-0.2, -0.15) is 0 Å². The van der Waals surface area contributed by atoms with Crippen LogP contribution in [0.3, 0.4) is 0 Å². The molecule has 1 aromatic heterocycles. The number of rotatable bonds is 2. The van der Waals surface area contributed by atoms with Gasteiger partial charge in [-0.1, -0.05) is 0 Å². The second kappa shape index (κ2) is 2.96. The third-order valence-corrected chi connectivity index (χ3v) is 0.996. The molecule has 0 aliphatic heterocycles. The van der Waals surface area contributed by atoms with E-state index in [2.05, 4.69) is 4.98 Å². The molecule has 0 amide bonds. The van der Waals surface area contributed by atoms with Crippen molar-refractivity contribution in [2.45, 2.75) is 0 Å². The number of carbonyl (C=O) groups is 1. The van der Waals surface area contributed by atoms with Crippen LogP contribution in [0.1, 0.15) is 5.56 Å². The summed E-state index contributed by atoms with van der Waals surface area (Å²) in [6, 6.07) is 3.27. The lowest BCUT2D eigenvalue weighted by Gasteiger charge is -1.91. The number of nitrogens with zero attached hydrogens (tertiary/aromatic N) is 1. The highest BCUT2D eigenvalue weighted by Crippen LogP contribution is 1.98. The minimum atomic E-state index is -0.939. The van der Waals surface area contributed by atoms with Gasteiger partial charge in [0.25, 0.3) is 0 Å². The van der Waals surface area contributed by atoms with Crippen molar-refractivity contribution in [2.24, 2.45) is 0 Å². The zero-order chi connectivity index (χ0) is 7.40. The molecule has 0 aromatic carbocycles. The third kappa shape index (κ3) is 1.85. The smallest absolute Gasteiger partial charge is 0.312 e. The fourth-order valence-corrected chi connectivity index (χ4v) is 0.602. The van der Waals surface area contributed by atoms with Gasteiger partial charge in [-0.25, -0.2) is 0 Å². The van der Waals surface area contributed by atoms with Crippen molar-refractivity contribution >= 4 is 5.97 Å². The fourth-order valence-electron chi connectivity index (χ4n) is 0.602. The van der Waals surface area contributed by atoms with Crippen molar-refractivity contribution in [1.82, 2.24) is 4.98 Å². The summed E-state index contributed by atoms with van der Waals surface area (Å²) in [7, 11) is 0. The van der Waals surface area contributed by atoms with Crippen molar-refractivity contribution in [2.75, 3.05) is 0 Å². The van der Waals surface area contributed by atoms with Crippen molar-refractivity contribution in [3.8, 4) is 0 Å². The van der Waals surface area contributed by atoms with E-state index >= 15 is 0 Å². The average Bonchev–Trinajstić information content (AvgIpc) is 1.88. The van der Waals surface area contributed by atoms with E-state index in [1.165, 1.54) is 0 Å². The van der Waals surface area contributed by atoms with E-state index in [0.717, 1.165) is 6.42 Å². The molecule has 3 nitrogen and oxygen atoms in total. The topological polar surface area (TPSA) is 50.2 Å². The number of aliphatic carboxylic acids is 1. The largest absolute Gasteiger partial charge is 0.481 e. The van der Waals surface area contributed by atoms with Gasteiger partial charge >= 0.3 is 5.97 Å². The third-order valence-electron chi connectivity index (χ3n) is 0.996. The van der Waals surface area contributed by atoms with Crippen LogP contribution in [0, 0.1) is 6.42 Å². The molecule has 10 heavy (non-hydrogen) atoms. The maximum Gasteiger partial charge on any atom is 0.312 e. The number of aromatic nitrogens is 1. The highest BCUT2D eigenvalue weighted by molar-refractivity contribution is 5.81. The molecule has 1 radical (unpaired) electrons. The van der Waals surface area contributed by atoms with E-state index in [4.69, 9.17) is 5.11 Å². The Morgan fingerprint density at radius 2 is 2.10 bits per heavy atom. The van der Waals surface area contributed by atoms with Crippen LogP contribution in [0.15, 0.2) is 24.5 Å². The minimum Gasteiger partial charge on any atom is -0.481 e. The Morgan fingerprint density at radius 1 is 1.50 bits per heavy atom. The van der Waals surface area contributed by atoms with Gasteiger partial charge in [-0.15, -0.1) is 0 Å². The molecular weight excluding hydrogens is 130 g/mol. The van der Waals surface area contributed by atoms with E-state index in [1.807, 2.05) is 0 Å². The summed E-state index contributed by atoms with van der Waals surface area (Å²) < 4.78 is 0. The molecule has 0 atom stereocenters. The zero-order valence-electron chi connectivity index (χ0n) is 5.19. The monoisotopic (exact) mass is 136 g/mol. The maximum absolute atomic E-state index is 10.1. The second-order valence-electron chi connectivity index (χ2n) is 1.76. The summed E-state index contributed by atoms with van der Waals surface area (Å²) in [5.74, 6) is -0.939. The highest BCUT2D eigenvalue weighted by Gasteiger charge is 1.97. The van der Waals surface area contributed by atoms with Crippen molar-refractivity contribution in [3.63, 3.8) is 0 Å². The molecule has 1 N–H and O–H groups in total. The van der Waals surface area contributed by atoms with Gasteiger partial charge in [0, 0.05) is 12.4 Å². The number of hydrogen-bond donors (Lipinski definition) is 1. The number of hydrogen-bond acceptors (Lipinski definition) is 2. The summed E-state index contributed by atoms with van der Waals surface area (Å²) in [5, 5.41) is 8.29. The molecule has 0 aliphatic rings. The molecule has 3 heteroatoms. The van der Waals surface area contributed by atoms with Crippen molar-refractivity contribution < 1.29 is 9.90 Å². The molecule has 0 saturated carbocycles. The Bertz CT molecular complexity index is 220. The van der Waals surface area contributed by atoms with Crippen LogP contribution in [-0.2, 0) is 4.79 Å². The van der Waals surface area contributed by atoms with Crippen LogP contribution in [0.5, 0.6) is 0 Å². The normalized spacial score (nSPS) is 9.20. The summed E-state index contributed by atoms with van der Waals surface area (Å²) >= 11 is 0. The molecule has 0 aliphatic carbocycles. The molecule has 1 aromatic rings. The quantitative estimate of drug-likeness (QED) is 0.651. The minimum absolute atomic E-state index is 0.655. The van der Waals surface area contributed by atoms with Crippen LogP contribution in [0.25, 0.3) is 0 Å². The Labute approximate surface area is 58.3 Å². The SMILES string of the molecule is O=C(O)[CH]c1ccncc1. The summed E-state index contributed by atoms with van der Waals surface area (Å²) in [5.41, 5.74) is 0.655. The molecule has 1 rings (SSSR count). The number of carboxylic acids is 1. The van der Waals surface area contributed by atoms with E-state index in [0.29, 0.717) is 5.56 Å². The number of pyridine rings is 1. The standard InChI is InChI=1S/C7H6NO2/c9-7(10)5-6-1-3-8-4-2-6/h1-5H,(H,9,10). The molecular formula is C7H6NO2. The summed E-state index contributed by atoms with van der Waals surface area (Å²) in [4.78, 5) is 13.8. The maximum atomic E-state index is 10.1. The lowest BCUT2D eigenvalue weighted by molar-refractivity contribution is -0.132. The molecule has 0 spiro atoms. The molecule has 0 bridgehead atoms. The molecule has 0 unspecified atom stereocenters. The van der Waals surface area contributed by atoms with Crippen LogP contribution >= 0.6 is 0 Å². The Kier molecular flexibility index (Phi) is 1.99. The molecule has 51 valence electrons. The van der Waals surface area contributed by atoms with Crippen LogP contribution < -0.4 is 0 Å². The molecule has 0 saturated heterocycles. The van der Waals surface area contributed by atoms with Crippen LogP contribution in [0.4, 0.5) is 0 Å². The Morgan fingerprint density at radius 3 is 2.60 bits per heavy atom. The second-order valence-corrected chi connectivity index (χ2v) is 1.76. The Hall–Kier alpha value is -1.38. The van der Waals surface area contributed by atoms with Gasteiger partial charge in [-0.05, 0) is 17.7 Å². The van der Waals surface area contributed by atoms with E-state index < -0.39 is 5.97 Å². The lowest BCUT2D eigenvalue weighted by atomic mass is 10.2. The van der Waals surface area contributed by atoms with E-state index in [1.54, 1.807) is 24.5 Å². The molecule has 0 fully saturated rings. The van der Waals surface area contributed by atoms with Crippen LogP contribution in [0.2, 0.25) is 0 Å². The van der Waals surface area contributed by atoms with Gasteiger partial charge in [0.2, 0.25) is 0 Å². The van der Waals surface area contributed by atoms with Gasteiger partial charge in [0.1, 0.15) is 0 Å². The predicted molar refractivity (Wildman–Crippen MR) is 35.3 cm³/mol. The van der Waals surface area contributed by atoms with Crippen molar-refractivity contribution in [1.29, 1.82) is 0 Å². The molecule has 1 heterocycles. The van der Waals surface area contributed by atoms with Crippen LogP contribution in [-0.4, -0.2) is 16.1 Å². The highest BCUT2D eigenvalue weighted by atomic mass is 16.4. The Balaban J connectivity index is 2.67. The average molecular weight is 136 g/mol. The van der Waals surface area contributed by atoms with Gasteiger partial charge in [0.15, 0.2) is 0 Å². The van der Waals surface area contributed by atoms with E-state index in [9.17, 15) is 4.79 Å². The first-order valence-corrected chi connectivity index (χ1v) is 2.77. The van der Waals surface area contributed by atoms with Gasteiger partial charge in [-0.3, -0.25) is 9.78 Å². The van der Waals surface area contributed by atoms with Crippen molar-refractivity contribution in [3.05, 3.63) is 36.5 Å².